The van der Waals surface area contributed by atoms with Gasteiger partial charge in [0.15, 0.2) is 11.6 Å². The van der Waals surface area contributed by atoms with E-state index in [9.17, 15) is 19.1 Å². The number of hydrogen-bond donors (Lipinski definition) is 2. The minimum atomic E-state index is -1.50. The number of carbonyl (C=O) groups is 2. The number of carboxylic acids is 1. The fourth-order valence-electron chi connectivity index (χ4n) is 3.08. The van der Waals surface area contributed by atoms with Crippen LogP contribution in [0.2, 0.25) is 0 Å². The Morgan fingerprint density at radius 1 is 1.03 bits per heavy atom. The van der Waals surface area contributed by atoms with E-state index in [1.807, 2.05) is 0 Å². The third kappa shape index (κ3) is 4.67. The molecule has 0 spiro atoms. The predicted octanol–water partition coefficient (Wildman–Crippen LogP) is 5.60. The van der Waals surface area contributed by atoms with E-state index in [-0.39, 0.29) is 0 Å². The van der Waals surface area contributed by atoms with Gasteiger partial charge in [-0.15, -0.1) is 0 Å². The summed E-state index contributed by atoms with van der Waals surface area (Å²) in [5.74, 6) is -4.73. The van der Waals surface area contributed by atoms with Crippen molar-refractivity contribution in [1.29, 1.82) is 0 Å². The highest BCUT2D eigenvalue weighted by Gasteiger charge is 2.28. The lowest BCUT2D eigenvalue weighted by atomic mass is 10.0. The van der Waals surface area contributed by atoms with Crippen LogP contribution in [0, 0.1) is 22.1 Å². The maximum Gasteiger partial charge on any atom is 0.337 e. The number of nitrogens with one attached hydrogen (secondary N) is 1. The Morgan fingerprint density at radius 2 is 1.69 bits per heavy atom. The number of carboxylic acid groups (broad SMARTS) is 1. The molecule has 0 saturated heterocycles. The SMILES string of the molecule is COc1ccc(N(C)C(=O)c2cc(C(=O)O)c(Nc3ccc(I)cc3C)c(F)c2F)cc1. The molecular weight excluding hydrogens is 533 g/mol. The number of ether oxygens (including phenoxy) is 1. The summed E-state index contributed by atoms with van der Waals surface area (Å²) < 4.78 is 35.9. The molecule has 2 N–H and O–H groups in total. The molecule has 6 nitrogen and oxygen atoms in total. The molecule has 0 saturated carbocycles. The lowest BCUT2D eigenvalue weighted by Crippen LogP contribution is -2.28. The molecule has 0 bridgehead atoms. The van der Waals surface area contributed by atoms with Gasteiger partial charge in [0.05, 0.1) is 23.9 Å². The monoisotopic (exact) mass is 552 g/mol. The molecule has 9 heteroatoms. The van der Waals surface area contributed by atoms with Gasteiger partial charge < -0.3 is 20.1 Å². The van der Waals surface area contributed by atoms with Crippen LogP contribution < -0.4 is 15.0 Å². The van der Waals surface area contributed by atoms with Crippen LogP contribution in [0.4, 0.5) is 25.8 Å². The summed E-state index contributed by atoms with van der Waals surface area (Å²) in [5.41, 5.74) is -0.281. The van der Waals surface area contributed by atoms with Crippen LogP contribution in [0.5, 0.6) is 5.75 Å². The quantitative estimate of drug-likeness (QED) is 0.389. The third-order valence-electron chi connectivity index (χ3n) is 4.88. The number of benzene rings is 3. The number of halogens is 3. The standard InChI is InChI=1S/C23H19F2IN2O4/c1-12-10-13(26)4-9-18(12)27-21-17(23(30)31)11-16(19(24)20(21)25)22(29)28(2)14-5-7-15(32-3)8-6-14/h4-11,27H,1-3H3,(H,30,31). The predicted molar refractivity (Wildman–Crippen MR) is 126 cm³/mol. The molecule has 0 unspecified atom stereocenters. The molecule has 0 atom stereocenters. The minimum absolute atomic E-state index is 0.393. The van der Waals surface area contributed by atoms with E-state index in [1.165, 1.54) is 14.2 Å². The van der Waals surface area contributed by atoms with Crippen molar-refractivity contribution in [3.8, 4) is 5.75 Å². The third-order valence-corrected chi connectivity index (χ3v) is 5.55. The van der Waals surface area contributed by atoms with Gasteiger partial charge in [-0.05, 0) is 83.6 Å². The van der Waals surface area contributed by atoms with Gasteiger partial charge in [-0.3, -0.25) is 4.79 Å². The van der Waals surface area contributed by atoms with Crippen molar-refractivity contribution in [1.82, 2.24) is 0 Å². The summed E-state index contributed by atoms with van der Waals surface area (Å²) in [7, 11) is 2.87. The van der Waals surface area contributed by atoms with E-state index in [4.69, 9.17) is 4.74 Å². The number of anilines is 3. The first kappa shape index (κ1) is 23.5. The Bertz CT molecular complexity index is 1200. The van der Waals surface area contributed by atoms with Crippen molar-refractivity contribution in [2.75, 3.05) is 24.4 Å². The molecule has 3 aromatic rings. The molecule has 0 heterocycles. The molecule has 0 aliphatic carbocycles. The van der Waals surface area contributed by atoms with Crippen LogP contribution in [0.25, 0.3) is 0 Å². The zero-order valence-corrected chi connectivity index (χ0v) is 19.5. The topological polar surface area (TPSA) is 78.9 Å². The van der Waals surface area contributed by atoms with E-state index < -0.39 is 40.3 Å². The Hall–Kier alpha value is -3.21. The number of carbonyl (C=O) groups excluding carboxylic acids is 1. The molecule has 3 rings (SSSR count). The van der Waals surface area contributed by atoms with E-state index in [2.05, 4.69) is 27.9 Å². The molecule has 0 aliphatic rings. The molecule has 32 heavy (non-hydrogen) atoms. The van der Waals surface area contributed by atoms with Gasteiger partial charge in [-0.25, -0.2) is 13.6 Å². The summed E-state index contributed by atoms with van der Waals surface area (Å²) in [6, 6.07) is 12.4. The first-order valence-corrected chi connectivity index (χ1v) is 10.4. The second-order valence-electron chi connectivity index (χ2n) is 6.93. The number of aromatic carboxylic acids is 1. The highest BCUT2D eigenvalue weighted by molar-refractivity contribution is 14.1. The Labute approximate surface area is 197 Å². The lowest BCUT2D eigenvalue weighted by Gasteiger charge is -2.20. The van der Waals surface area contributed by atoms with Crippen molar-refractivity contribution in [3.63, 3.8) is 0 Å². The molecule has 1 amide bonds. The van der Waals surface area contributed by atoms with Crippen molar-refractivity contribution in [3.05, 3.63) is 80.4 Å². The van der Waals surface area contributed by atoms with Crippen LogP contribution in [-0.2, 0) is 0 Å². The highest BCUT2D eigenvalue weighted by Crippen LogP contribution is 2.32. The number of hydrogen-bond acceptors (Lipinski definition) is 4. The summed E-state index contributed by atoms with van der Waals surface area (Å²) in [5, 5.41) is 12.3. The van der Waals surface area contributed by atoms with Crippen LogP contribution >= 0.6 is 22.6 Å². The molecule has 0 fully saturated rings. The molecule has 0 aliphatic heterocycles. The van der Waals surface area contributed by atoms with E-state index >= 15 is 4.39 Å². The smallest absolute Gasteiger partial charge is 0.337 e. The van der Waals surface area contributed by atoms with Gasteiger partial charge in [0.1, 0.15) is 5.75 Å². The molecule has 166 valence electrons. The number of methoxy groups -OCH3 is 1. The maximum atomic E-state index is 15.0. The largest absolute Gasteiger partial charge is 0.497 e. The van der Waals surface area contributed by atoms with Crippen LogP contribution in [-0.4, -0.2) is 31.1 Å². The molecule has 0 aromatic heterocycles. The van der Waals surface area contributed by atoms with Crippen molar-refractivity contribution >= 4 is 51.5 Å². The van der Waals surface area contributed by atoms with Gasteiger partial charge >= 0.3 is 5.97 Å². The normalized spacial score (nSPS) is 10.6. The zero-order valence-electron chi connectivity index (χ0n) is 17.4. The summed E-state index contributed by atoms with van der Waals surface area (Å²) >= 11 is 2.10. The van der Waals surface area contributed by atoms with E-state index in [0.717, 1.165) is 14.5 Å². The van der Waals surface area contributed by atoms with Crippen molar-refractivity contribution in [2.24, 2.45) is 0 Å². The van der Waals surface area contributed by atoms with Crippen LogP contribution in [0.1, 0.15) is 26.3 Å². The highest BCUT2D eigenvalue weighted by atomic mass is 127. The molecular formula is C23H19F2IN2O4. The second-order valence-corrected chi connectivity index (χ2v) is 8.17. The number of amides is 1. The Balaban J connectivity index is 2.04. The molecule has 3 aromatic carbocycles. The molecule has 0 radical (unpaired) electrons. The van der Waals surface area contributed by atoms with Crippen LogP contribution in [0.3, 0.4) is 0 Å². The zero-order chi connectivity index (χ0) is 23.6. The van der Waals surface area contributed by atoms with Crippen molar-refractivity contribution < 1.29 is 28.2 Å². The number of aryl methyl sites for hydroxylation is 1. The average molecular weight is 552 g/mol. The van der Waals surface area contributed by atoms with E-state index in [1.54, 1.807) is 49.4 Å². The fraction of sp³-hybridized carbons (Fsp3) is 0.130. The number of rotatable bonds is 6. The lowest BCUT2D eigenvalue weighted by molar-refractivity contribution is 0.0697. The fourth-order valence-corrected chi connectivity index (χ4v) is 3.73. The average Bonchev–Trinajstić information content (AvgIpc) is 2.77. The van der Waals surface area contributed by atoms with E-state index in [0.29, 0.717) is 22.7 Å². The second kappa shape index (κ2) is 9.51. The first-order valence-electron chi connectivity index (χ1n) is 9.34. The Kier molecular flexibility index (Phi) is 6.97. The van der Waals surface area contributed by atoms with Gasteiger partial charge in [0.25, 0.3) is 5.91 Å². The van der Waals surface area contributed by atoms with Crippen molar-refractivity contribution in [2.45, 2.75) is 6.92 Å². The minimum Gasteiger partial charge on any atom is -0.497 e. The summed E-state index contributed by atoms with van der Waals surface area (Å²) in [6.45, 7) is 1.75. The summed E-state index contributed by atoms with van der Waals surface area (Å²) in [6.07, 6.45) is 0. The van der Waals surface area contributed by atoms with Gasteiger partial charge in [-0.2, -0.15) is 0 Å². The van der Waals surface area contributed by atoms with Gasteiger partial charge in [0, 0.05) is 22.0 Å². The van der Waals surface area contributed by atoms with Gasteiger partial charge in [-0.1, -0.05) is 0 Å². The number of nitrogens with zero attached hydrogens (tertiary/aromatic N) is 1. The first-order chi connectivity index (χ1) is 15.1. The maximum absolute atomic E-state index is 15.0. The van der Waals surface area contributed by atoms with Crippen LogP contribution in [0.15, 0.2) is 48.5 Å². The Morgan fingerprint density at radius 3 is 2.25 bits per heavy atom. The van der Waals surface area contributed by atoms with Gasteiger partial charge in [0.2, 0.25) is 0 Å². The summed E-state index contributed by atoms with van der Waals surface area (Å²) in [4.78, 5) is 25.8.